The van der Waals surface area contributed by atoms with E-state index >= 15 is 0 Å². The van der Waals surface area contributed by atoms with Crippen molar-refractivity contribution in [3.05, 3.63) is 114 Å². The summed E-state index contributed by atoms with van der Waals surface area (Å²) < 4.78 is 1.16. The molecule has 0 heterocycles. The van der Waals surface area contributed by atoms with Gasteiger partial charge in [-0.15, -0.1) is 0 Å². The molecular weight excluding hydrogens is 399 g/mol. The van der Waals surface area contributed by atoms with Gasteiger partial charge in [0, 0.05) is 4.47 Å². The van der Waals surface area contributed by atoms with Crippen LogP contribution in [0.2, 0.25) is 0 Å². The van der Waals surface area contributed by atoms with E-state index < -0.39 is 7.92 Å². The predicted molar refractivity (Wildman–Crippen MR) is 118 cm³/mol. The van der Waals surface area contributed by atoms with Crippen LogP contribution in [0.3, 0.4) is 0 Å². The third-order valence-corrected chi connectivity index (χ3v) is 7.79. The molecule has 0 bridgehead atoms. The van der Waals surface area contributed by atoms with Crippen LogP contribution < -0.4 is 15.9 Å². The molecule has 0 N–H and O–H groups in total. The predicted octanol–water partition coefficient (Wildman–Crippen LogP) is 5.87. The van der Waals surface area contributed by atoms with E-state index in [1.807, 2.05) is 0 Å². The summed E-state index contributed by atoms with van der Waals surface area (Å²) in [4.78, 5) is 0. The van der Waals surface area contributed by atoms with Crippen LogP contribution in [0.1, 0.15) is 0 Å². The van der Waals surface area contributed by atoms with Crippen LogP contribution in [-0.4, -0.2) is 0 Å². The molecule has 0 aromatic heterocycles. The highest BCUT2D eigenvalue weighted by Gasteiger charge is 2.19. The summed E-state index contributed by atoms with van der Waals surface area (Å²) in [5.74, 6) is 0. The molecule has 0 amide bonds. The molecule has 2 heteroatoms. The standard InChI is InChI=1S/C24H18BrP/c25-23-18-20(19-10-4-1-5-11-19)16-17-24(23)26(21-12-6-2-7-13-21)22-14-8-3-9-15-22/h1-18H. The van der Waals surface area contributed by atoms with E-state index in [2.05, 4.69) is 125 Å². The van der Waals surface area contributed by atoms with Crippen molar-refractivity contribution in [2.45, 2.75) is 0 Å². The first-order chi connectivity index (χ1) is 12.8. The van der Waals surface area contributed by atoms with Crippen molar-refractivity contribution in [2.75, 3.05) is 0 Å². The molecule has 0 unspecified atom stereocenters. The number of hydrogen-bond donors (Lipinski definition) is 0. The molecule has 0 aliphatic heterocycles. The van der Waals surface area contributed by atoms with Gasteiger partial charge in [-0.1, -0.05) is 119 Å². The molecule has 0 fully saturated rings. The number of hydrogen-bond acceptors (Lipinski definition) is 0. The van der Waals surface area contributed by atoms with Gasteiger partial charge in [-0.25, -0.2) is 0 Å². The van der Waals surface area contributed by atoms with Gasteiger partial charge in [0.05, 0.1) is 0 Å². The van der Waals surface area contributed by atoms with Gasteiger partial charge in [0.2, 0.25) is 0 Å². The van der Waals surface area contributed by atoms with E-state index in [1.165, 1.54) is 27.0 Å². The molecule has 0 aliphatic carbocycles. The van der Waals surface area contributed by atoms with Gasteiger partial charge in [0.25, 0.3) is 0 Å². The molecule has 0 saturated carbocycles. The molecule has 0 radical (unpaired) electrons. The third-order valence-electron chi connectivity index (χ3n) is 4.32. The van der Waals surface area contributed by atoms with E-state index in [0.717, 1.165) is 4.47 Å². The molecule has 4 aromatic rings. The van der Waals surface area contributed by atoms with Crippen molar-refractivity contribution in [2.24, 2.45) is 0 Å². The first-order valence-corrected chi connectivity index (χ1v) is 10.7. The maximum absolute atomic E-state index is 3.86. The summed E-state index contributed by atoms with van der Waals surface area (Å²) in [6, 6.07) is 38.9. The second-order valence-electron chi connectivity index (χ2n) is 6.04. The van der Waals surface area contributed by atoms with Gasteiger partial charge in [0.1, 0.15) is 0 Å². The Morgan fingerprint density at radius 1 is 0.500 bits per heavy atom. The van der Waals surface area contributed by atoms with Gasteiger partial charge in [-0.3, -0.25) is 0 Å². The lowest BCUT2D eigenvalue weighted by Crippen LogP contribution is -2.21. The Balaban J connectivity index is 1.82. The minimum Gasteiger partial charge on any atom is -0.0622 e. The van der Waals surface area contributed by atoms with Gasteiger partial charge in [-0.05, 0) is 41.0 Å². The number of benzene rings is 4. The van der Waals surface area contributed by atoms with Gasteiger partial charge < -0.3 is 0 Å². The largest absolute Gasteiger partial charge is 0.0622 e. The molecule has 0 atom stereocenters. The Bertz CT molecular complexity index is 943. The maximum atomic E-state index is 3.86. The van der Waals surface area contributed by atoms with Crippen molar-refractivity contribution < 1.29 is 0 Å². The lowest BCUT2D eigenvalue weighted by Gasteiger charge is -2.21. The highest BCUT2D eigenvalue weighted by Crippen LogP contribution is 2.37. The van der Waals surface area contributed by atoms with Crippen molar-refractivity contribution in [1.82, 2.24) is 0 Å². The average Bonchev–Trinajstić information content (AvgIpc) is 2.72. The normalized spacial score (nSPS) is 10.8. The van der Waals surface area contributed by atoms with Crippen LogP contribution in [0, 0.1) is 0 Å². The van der Waals surface area contributed by atoms with Crippen LogP contribution in [0.25, 0.3) is 11.1 Å². The summed E-state index contributed by atoms with van der Waals surface area (Å²) in [6.45, 7) is 0. The Kier molecular flexibility index (Phi) is 5.29. The van der Waals surface area contributed by atoms with Crippen molar-refractivity contribution >= 4 is 39.8 Å². The molecule has 0 saturated heterocycles. The van der Waals surface area contributed by atoms with E-state index in [0.29, 0.717) is 0 Å². The number of rotatable bonds is 4. The molecule has 126 valence electrons. The highest BCUT2D eigenvalue weighted by atomic mass is 79.9. The van der Waals surface area contributed by atoms with Crippen molar-refractivity contribution in [3.63, 3.8) is 0 Å². The first kappa shape index (κ1) is 17.2. The smallest absolute Gasteiger partial charge is 0.0264 e. The molecule has 26 heavy (non-hydrogen) atoms. The summed E-state index contributed by atoms with van der Waals surface area (Å²) >= 11 is 3.86. The number of halogens is 1. The van der Waals surface area contributed by atoms with Gasteiger partial charge >= 0.3 is 0 Å². The van der Waals surface area contributed by atoms with Crippen LogP contribution in [0.4, 0.5) is 0 Å². The van der Waals surface area contributed by atoms with E-state index in [-0.39, 0.29) is 0 Å². The average molecular weight is 417 g/mol. The van der Waals surface area contributed by atoms with Crippen LogP contribution in [0.15, 0.2) is 114 Å². The fourth-order valence-corrected chi connectivity index (χ4v) is 6.29. The Labute approximate surface area is 164 Å². The third kappa shape index (κ3) is 3.65. The summed E-state index contributed by atoms with van der Waals surface area (Å²) in [6.07, 6.45) is 0. The maximum Gasteiger partial charge on any atom is 0.0264 e. The summed E-state index contributed by atoms with van der Waals surface area (Å²) in [5, 5.41) is 4.07. The van der Waals surface area contributed by atoms with Gasteiger partial charge in [0.15, 0.2) is 0 Å². The molecule has 0 aliphatic rings. The van der Waals surface area contributed by atoms with E-state index in [4.69, 9.17) is 0 Å². The molecular formula is C24H18BrP. The molecule has 0 nitrogen and oxygen atoms in total. The zero-order valence-electron chi connectivity index (χ0n) is 14.2. The highest BCUT2D eigenvalue weighted by molar-refractivity contribution is 9.10. The fourth-order valence-electron chi connectivity index (χ4n) is 3.08. The first-order valence-electron chi connectivity index (χ1n) is 8.58. The Morgan fingerprint density at radius 3 is 1.50 bits per heavy atom. The van der Waals surface area contributed by atoms with Crippen LogP contribution in [-0.2, 0) is 0 Å². The fraction of sp³-hybridized carbons (Fsp3) is 0. The minimum absolute atomic E-state index is 0.595. The van der Waals surface area contributed by atoms with E-state index in [1.54, 1.807) is 0 Å². The van der Waals surface area contributed by atoms with E-state index in [9.17, 15) is 0 Å². The van der Waals surface area contributed by atoms with Crippen LogP contribution >= 0.6 is 23.9 Å². The molecule has 4 aromatic carbocycles. The van der Waals surface area contributed by atoms with Crippen LogP contribution in [0.5, 0.6) is 0 Å². The topological polar surface area (TPSA) is 0 Å². The minimum atomic E-state index is -0.595. The second-order valence-corrected chi connectivity index (χ2v) is 9.08. The Hall–Kier alpha value is -2.21. The van der Waals surface area contributed by atoms with Gasteiger partial charge in [-0.2, -0.15) is 0 Å². The van der Waals surface area contributed by atoms with Crippen molar-refractivity contribution in [1.29, 1.82) is 0 Å². The monoisotopic (exact) mass is 416 g/mol. The lowest BCUT2D eigenvalue weighted by atomic mass is 10.1. The SMILES string of the molecule is Brc1cc(-c2ccccc2)ccc1P(c1ccccc1)c1ccccc1. The molecule has 0 spiro atoms. The summed E-state index contributed by atoms with van der Waals surface area (Å²) in [5.41, 5.74) is 2.47. The second kappa shape index (κ2) is 7.99. The summed E-state index contributed by atoms with van der Waals surface area (Å²) in [7, 11) is -0.595. The zero-order valence-corrected chi connectivity index (χ0v) is 16.7. The molecule has 4 rings (SSSR count). The zero-order chi connectivity index (χ0) is 17.8. The quantitative estimate of drug-likeness (QED) is 0.364. The van der Waals surface area contributed by atoms with Crippen molar-refractivity contribution in [3.8, 4) is 11.1 Å². The Morgan fingerprint density at radius 2 is 1.00 bits per heavy atom. The lowest BCUT2D eigenvalue weighted by molar-refractivity contribution is 1.62.